The second-order valence-electron chi connectivity index (χ2n) is 7.22. The van der Waals surface area contributed by atoms with Crippen LogP contribution in [-0.4, -0.2) is 60.9 Å². The highest BCUT2D eigenvalue weighted by atomic mass is 32.2. The van der Waals surface area contributed by atoms with Gasteiger partial charge in [-0.15, -0.1) is 11.8 Å². The molecule has 1 saturated heterocycles. The Morgan fingerprint density at radius 1 is 1.10 bits per heavy atom. The number of nitrogens with one attached hydrogen (secondary N) is 1. The number of carbonyl (C=O) groups is 2. The maximum Gasteiger partial charge on any atom is 0.243 e. The molecular formula is C21H20N4O4S2. The number of hydrogen-bond acceptors (Lipinski definition) is 6. The Balaban J connectivity index is 1.36. The maximum atomic E-state index is 12.8. The van der Waals surface area contributed by atoms with E-state index in [1.165, 1.54) is 40.3 Å². The number of para-hydroxylation sites is 1. The fourth-order valence-corrected chi connectivity index (χ4v) is 6.07. The molecule has 4 rings (SSSR count). The number of fused-ring (bicyclic) bond motifs is 1. The molecule has 1 N–H and O–H groups in total. The van der Waals surface area contributed by atoms with Crippen LogP contribution in [0.2, 0.25) is 0 Å². The van der Waals surface area contributed by atoms with Gasteiger partial charge in [0, 0.05) is 37.5 Å². The molecular weight excluding hydrogens is 436 g/mol. The number of hydrogen-bond donors (Lipinski definition) is 1. The van der Waals surface area contributed by atoms with Crippen molar-refractivity contribution in [2.75, 3.05) is 31.5 Å². The monoisotopic (exact) mass is 456 g/mol. The average molecular weight is 457 g/mol. The van der Waals surface area contributed by atoms with Crippen molar-refractivity contribution in [3.8, 4) is 6.07 Å². The Bertz CT molecular complexity index is 1150. The lowest BCUT2D eigenvalue weighted by Crippen LogP contribution is -2.51. The maximum absolute atomic E-state index is 12.8. The fraction of sp³-hybridized carbons (Fsp3) is 0.286. The van der Waals surface area contributed by atoms with E-state index in [9.17, 15) is 18.0 Å². The number of carbonyl (C=O) groups excluding carboxylic acids is 2. The van der Waals surface area contributed by atoms with Crippen LogP contribution < -0.4 is 5.32 Å². The van der Waals surface area contributed by atoms with Crippen molar-refractivity contribution < 1.29 is 18.0 Å². The van der Waals surface area contributed by atoms with E-state index in [0.29, 0.717) is 5.56 Å². The Kier molecular flexibility index (Phi) is 6.00. The third kappa shape index (κ3) is 4.44. The molecule has 2 aromatic carbocycles. The number of rotatable bonds is 4. The first kappa shape index (κ1) is 21.4. The van der Waals surface area contributed by atoms with Gasteiger partial charge in [0.2, 0.25) is 21.8 Å². The Hall–Kier alpha value is -2.87. The van der Waals surface area contributed by atoms with E-state index in [4.69, 9.17) is 5.26 Å². The van der Waals surface area contributed by atoms with Gasteiger partial charge >= 0.3 is 0 Å². The summed E-state index contributed by atoms with van der Waals surface area (Å²) in [5.41, 5.74) is 1.14. The first-order valence-electron chi connectivity index (χ1n) is 9.73. The molecule has 2 heterocycles. The molecule has 0 unspecified atom stereocenters. The summed E-state index contributed by atoms with van der Waals surface area (Å²) in [6, 6.07) is 15.2. The van der Waals surface area contributed by atoms with Crippen molar-refractivity contribution in [2.24, 2.45) is 0 Å². The van der Waals surface area contributed by atoms with Gasteiger partial charge in [-0.05, 0) is 36.4 Å². The third-order valence-electron chi connectivity index (χ3n) is 5.28. The van der Waals surface area contributed by atoms with Crippen LogP contribution in [0.15, 0.2) is 58.3 Å². The predicted octanol–water partition coefficient (Wildman–Crippen LogP) is 1.89. The first-order valence-corrected chi connectivity index (χ1v) is 12.0. The minimum Gasteiger partial charge on any atom is -0.340 e. The molecule has 0 spiro atoms. The molecule has 0 radical (unpaired) electrons. The summed E-state index contributed by atoms with van der Waals surface area (Å²) < 4.78 is 27.0. The number of sulfonamides is 1. The number of thioether (sulfide) groups is 1. The van der Waals surface area contributed by atoms with Crippen LogP contribution in [-0.2, 0) is 19.6 Å². The van der Waals surface area contributed by atoms with Gasteiger partial charge in [-0.25, -0.2) is 8.42 Å². The van der Waals surface area contributed by atoms with Gasteiger partial charge < -0.3 is 10.2 Å². The van der Waals surface area contributed by atoms with Crippen LogP contribution in [0.1, 0.15) is 12.0 Å². The van der Waals surface area contributed by atoms with Crippen molar-refractivity contribution in [3.05, 3.63) is 54.1 Å². The Labute approximate surface area is 184 Å². The van der Waals surface area contributed by atoms with Gasteiger partial charge in [-0.3, -0.25) is 9.59 Å². The summed E-state index contributed by atoms with van der Waals surface area (Å²) >= 11 is 1.37. The third-order valence-corrected chi connectivity index (χ3v) is 8.47. The normalized spacial score (nSPS) is 19.3. The summed E-state index contributed by atoms with van der Waals surface area (Å²) in [4.78, 5) is 27.8. The van der Waals surface area contributed by atoms with Crippen LogP contribution in [0.25, 0.3) is 0 Å². The predicted molar refractivity (Wildman–Crippen MR) is 116 cm³/mol. The van der Waals surface area contributed by atoms with Crippen LogP contribution >= 0.6 is 11.8 Å². The van der Waals surface area contributed by atoms with Crippen molar-refractivity contribution in [1.29, 1.82) is 5.26 Å². The standard InChI is InChI=1S/C21H20N4O4S2/c22-14-15-5-7-16(8-6-15)31(28,29)25-11-9-24(10-12-25)20(26)13-19-21(27)23-17-3-1-2-4-18(17)30-19/h1-8,19H,9-13H2,(H,23,27)/t19-/m1/s1. The molecule has 31 heavy (non-hydrogen) atoms. The molecule has 10 heteroatoms. The summed E-state index contributed by atoms with van der Waals surface area (Å²) in [5, 5.41) is 11.2. The molecule has 1 atom stereocenters. The van der Waals surface area contributed by atoms with Crippen LogP contribution in [0, 0.1) is 11.3 Å². The lowest BCUT2D eigenvalue weighted by molar-refractivity contribution is -0.133. The molecule has 1 fully saturated rings. The zero-order valence-electron chi connectivity index (χ0n) is 16.5. The van der Waals surface area contributed by atoms with E-state index in [1.807, 2.05) is 30.3 Å². The van der Waals surface area contributed by atoms with Gasteiger partial charge in [0.05, 0.1) is 27.5 Å². The SMILES string of the molecule is N#Cc1ccc(S(=O)(=O)N2CCN(C(=O)C[C@H]3Sc4ccccc4NC3=O)CC2)cc1. The number of anilines is 1. The quantitative estimate of drug-likeness (QED) is 0.752. The topological polar surface area (TPSA) is 111 Å². The molecule has 0 aromatic heterocycles. The molecule has 0 bridgehead atoms. The molecule has 2 amide bonds. The number of nitrogens with zero attached hydrogens (tertiary/aromatic N) is 3. The van der Waals surface area contributed by atoms with Gasteiger partial charge in [-0.1, -0.05) is 12.1 Å². The van der Waals surface area contributed by atoms with E-state index in [2.05, 4.69) is 5.32 Å². The van der Waals surface area contributed by atoms with Gasteiger partial charge in [0.1, 0.15) is 0 Å². The van der Waals surface area contributed by atoms with E-state index in [1.54, 1.807) is 4.90 Å². The number of nitriles is 1. The number of piperazine rings is 1. The van der Waals surface area contributed by atoms with Crippen LogP contribution in [0.5, 0.6) is 0 Å². The van der Waals surface area contributed by atoms with E-state index in [-0.39, 0.29) is 49.3 Å². The molecule has 2 aliphatic heterocycles. The molecule has 8 nitrogen and oxygen atoms in total. The van der Waals surface area contributed by atoms with Crippen molar-refractivity contribution in [2.45, 2.75) is 21.5 Å². The highest BCUT2D eigenvalue weighted by molar-refractivity contribution is 8.01. The summed E-state index contributed by atoms with van der Waals surface area (Å²) in [6.07, 6.45) is 0.0627. The summed E-state index contributed by atoms with van der Waals surface area (Å²) in [6.45, 7) is 0.899. The second-order valence-corrected chi connectivity index (χ2v) is 10.4. The molecule has 2 aromatic rings. The summed E-state index contributed by atoms with van der Waals surface area (Å²) in [5.74, 6) is -0.360. The average Bonchev–Trinajstić information content (AvgIpc) is 2.79. The number of benzene rings is 2. The Morgan fingerprint density at radius 3 is 2.45 bits per heavy atom. The zero-order valence-corrected chi connectivity index (χ0v) is 18.2. The lowest BCUT2D eigenvalue weighted by atomic mass is 10.2. The van der Waals surface area contributed by atoms with E-state index >= 15 is 0 Å². The molecule has 0 aliphatic carbocycles. The Morgan fingerprint density at radius 2 is 1.77 bits per heavy atom. The molecule has 0 saturated carbocycles. The van der Waals surface area contributed by atoms with E-state index in [0.717, 1.165) is 10.6 Å². The van der Waals surface area contributed by atoms with Crippen LogP contribution in [0.3, 0.4) is 0 Å². The molecule has 160 valence electrons. The van der Waals surface area contributed by atoms with Crippen molar-refractivity contribution >= 4 is 39.3 Å². The largest absolute Gasteiger partial charge is 0.340 e. The van der Waals surface area contributed by atoms with Gasteiger partial charge in [-0.2, -0.15) is 9.57 Å². The zero-order chi connectivity index (χ0) is 22.0. The van der Waals surface area contributed by atoms with E-state index < -0.39 is 15.3 Å². The highest BCUT2D eigenvalue weighted by Gasteiger charge is 2.33. The number of amides is 2. The van der Waals surface area contributed by atoms with Crippen molar-refractivity contribution in [1.82, 2.24) is 9.21 Å². The van der Waals surface area contributed by atoms with Crippen LogP contribution in [0.4, 0.5) is 5.69 Å². The van der Waals surface area contributed by atoms with Crippen molar-refractivity contribution in [3.63, 3.8) is 0 Å². The van der Waals surface area contributed by atoms with Gasteiger partial charge in [0.15, 0.2) is 0 Å². The highest BCUT2D eigenvalue weighted by Crippen LogP contribution is 2.36. The minimum absolute atomic E-state index is 0.0627. The van der Waals surface area contributed by atoms with Gasteiger partial charge in [0.25, 0.3) is 0 Å². The molecule has 2 aliphatic rings. The lowest BCUT2D eigenvalue weighted by Gasteiger charge is -2.35. The smallest absolute Gasteiger partial charge is 0.243 e. The minimum atomic E-state index is -3.69. The fourth-order valence-electron chi connectivity index (χ4n) is 3.54. The second kappa shape index (κ2) is 8.70. The summed E-state index contributed by atoms with van der Waals surface area (Å²) in [7, 11) is -3.69. The first-order chi connectivity index (χ1) is 14.9.